The van der Waals surface area contributed by atoms with Crippen LogP contribution in [-0.2, 0) is 5.60 Å². The number of benzene rings is 2. The Bertz CT molecular complexity index is 868. The second-order valence-electron chi connectivity index (χ2n) is 6.43. The molecule has 1 atom stereocenters. The first-order chi connectivity index (χ1) is 11.5. The number of carbonyl (C=O) groups excluding carboxylic acids is 1. The Kier molecular flexibility index (Phi) is 4.24. The molecule has 1 heterocycles. The van der Waals surface area contributed by atoms with Crippen LogP contribution in [0.4, 0.5) is 0 Å². The molecule has 3 rings (SSSR count). The molecule has 0 saturated carbocycles. The molecular weight excluding hydrogens is 300 g/mol. The fourth-order valence-corrected chi connectivity index (χ4v) is 3.11. The van der Waals surface area contributed by atoms with Crippen molar-refractivity contribution in [3.05, 3.63) is 65.7 Å². The van der Waals surface area contributed by atoms with E-state index in [4.69, 9.17) is 0 Å². The Hall–Kier alpha value is -2.46. The lowest BCUT2D eigenvalue weighted by molar-refractivity contribution is 0.0280. The van der Waals surface area contributed by atoms with E-state index in [1.165, 1.54) is 0 Å². The summed E-state index contributed by atoms with van der Waals surface area (Å²) in [5.41, 5.74) is 0.969. The predicted octanol–water partition coefficient (Wildman–Crippen LogP) is 4.05. The van der Waals surface area contributed by atoms with Crippen molar-refractivity contribution < 1.29 is 9.90 Å². The van der Waals surface area contributed by atoms with E-state index in [0.29, 0.717) is 12.1 Å². The van der Waals surface area contributed by atoms with Crippen molar-refractivity contribution >= 4 is 16.6 Å². The molecule has 0 amide bonds. The highest BCUT2D eigenvalue weighted by Crippen LogP contribution is 2.36. The Labute approximate surface area is 141 Å². The van der Waals surface area contributed by atoms with E-state index >= 15 is 0 Å². The summed E-state index contributed by atoms with van der Waals surface area (Å²) in [5.74, 6) is 0.0929. The molecule has 1 unspecified atom stereocenters. The predicted molar refractivity (Wildman–Crippen MR) is 95.0 cm³/mol. The van der Waals surface area contributed by atoms with Crippen LogP contribution in [0.25, 0.3) is 10.8 Å². The fraction of sp³-hybridized carbons (Fsp3) is 0.300. The summed E-state index contributed by atoms with van der Waals surface area (Å²) in [6.07, 6.45) is 3.80. The average molecular weight is 322 g/mol. The molecule has 0 radical (unpaired) electrons. The minimum absolute atomic E-state index is 0.0424. The number of imidazole rings is 1. The van der Waals surface area contributed by atoms with Gasteiger partial charge in [0.15, 0.2) is 5.78 Å². The van der Waals surface area contributed by atoms with Crippen LogP contribution in [-0.4, -0.2) is 20.9 Å². The Balaban J connectivity index is 2.11. The maximum Gasteiger partial charge on any atom is 0.162 e. The van der Waals surface area contributed by atoms with Gasteiger partial charge in [0.05, 0.1) is 12.0 Å². The SMILES string of the molecule is CCC(=O)c1ccc2cc(C(O)(c3c[nH]cn3)C(C)C)ccc2c1. The molecule has 0 aliphatic carbocycles. The topological polar surface area (TPSA) is 66.0 Å². The summed E-state index contributed by atoms with van der Waals surface area (Å²) in [7, 11) is 0. The Morgan fingerprint density at radius 2 is 1.92 bits per heavy atom. The van der Waals surface area contributed by atoms with Crippen LogP contribution in [0, 0.1) is 5.92 Å². The standard InChI is InChI=1S/C20H22N2O2/c1-4-18(23)16-6-5-15-10-17(8-7-14(15)9-16)20(24,13(2)3)19-11-21-12-22-19/h5-13,24H,4H2,1-3H3,(H,21,22). The van der Waals surface area contributed by atoms with E-state index in [9.17, 15) is 9.90 Å². The zero-order valence-corrected chi connectivity index (χ0v) is 14.2. The molecule has 2 N–H and O–H groups in total. The molecule has 0 aliphatic rings. The number of nitrogens with one attached hydrogen (secondary N) is 1. The highest BCUT2D eigenvalue weighted by atomic mass is 16.3. The quantitative estimate of drug-likeness (QED) is 0.697. The number of aliphatic hydroxyl groups is 1. The smallest absolute Gasteiger partial charge is 0.162 e. The zero-order valence-electron chi connectivity index (χ0n) is 14.2. The van der Waals surface area contributed by atoms with Gasteiger partial charge in [0, 0.05) is 18.2 Å². The summed E-state index contributed by atoms with van der Waals surface area (Å²) in [6.45, 7) is 5.81. The number of ketones is 1. The van der Waals surface area contributed by atoms with Gasteiger partial charge in [-0.3, -0.25) is 4.79 Å². The Morgan fingerprint density at radius 3 is 2.54 bits per heavy atom. The Morgan fingerprint density at radius 1 is 1.21 bits per heavy atom. The molecule has 0 spiro atoms. The first-order valence-corrected chi connectivity index (χ1v) is 8.26. The number of aromatic nitrogens is 2. The summed E-state index contributed by atoms with van der Waals surface area (Å²) >= 11 is 0. The number of hydrogen-bond donors (Lipinski definition) is 2. The summed E-state index contributed by atoms with van der Waals surface area (Å²) in [4.78, 5) is 19.1. The lowest BCUT2D eigenvalue weighted by Gasteiger charge is -2.31. The summed E-state index contributed by atoms with van der Waals surface area (Å²) in [6, 6.07) is 11.5. The summed E-state index contributed by atoms with van der Waals surface area (Å²) in [5, 5.41) is 13.3. The molecule has 1 aromatic heterocycles. The molecule has 24 heavy (non-hydrogen) atoms. The van der Waals surface area contributed by atoms with E-state index in [0.717, 1.165) is 21.9 Å². The van der Waals surface area contributed by atoms with E-state index in [2.05, 4.69) is 9.97 Å². The first kappa shape index (κ1) is 16.4. The lowest BCUT2D eigenvalue weighted by Crippen LogP contribution is -2.33. The normalized spacial score (nSPS) is 14.0. The van der Waals surface area contributed by atoms with Gasteiger partial charge in [-0.2, -0.15) is 0 Å². The van der Waals surface area contributed by atoms with Crippen LogP contribution in [0.15, 0.2) is 48.9 Å². The molecular formula is C20H22N2O2. The number of carbonyl (C=O) groups is 1. The molecule has 124 valence electrons. The van der Waals surface area contributed by atoms with Crippen LogP contribution < -0.4 is 0 Å². The van der Waals surface area contributed by atoms with Crippen LogP contribution in [0.5, 0.6) is 0 Å². The number of rotatable bonds is 5. The van der Waals surface area contributed by atoms with Crippen molar-refractivity contribution in [1.82, 2.24) is 9.97 Å². The molecule has 0 bridgehead atoms. The van der Waals surface area contributed by atoms with Gasteiger partial charge in [-0.15, -0.1) is 0 Å². The van der Waals surface area contributed by atoms with Crippen molar-refractivity contribution in [2.75, 3.05) is 0 Å². The molecule has 3 aromatic rings. The third kappa shape index (κ3) is 2.63. The molecule has 0 saturated heterocycles. The maximum absolute atomic E-state index is 11.9. The van der Waals surface area contributed by atoms with Crippen molar-refractivity contribution in [3.8, 4) is 0 Å². The van der Waals surface area contributed by atoms with Gasteiger partial charge < -0.3 is 10.1 Å². The van der Waals surface area contributed by atoms with Gasteiger partial charge in [0.1, 0.15) is 5.60 Å². The van der Waals surface area contributed by atoms with Crippen LogP contribution in [0.2, 0.25) is 0 Å². The second kappa shape index (κ2) is 6.21. The van der Waals surface area contributed by atoms with Crippen molar-refractivity contribution in [3.63, 3.8) is 0 Å². The minimum Gasteiger partial charge on any atom is -0.378 e. The summed E-state index contributed by atoms with van der Waals surface area (Å²) < 4.78 is 0. The number of Topliss-reactive ketones (excluding diaryl/α,β-unsaturated/α-hetero) is 1. The third-order valence-corrected chi connectivity index (χ3v) is 4.65. The average Bonchev–Trinajstić information content (AvgIpc) is 3.14. The number of hydrogen-bond acceptors (Lipinski definition) is 3. The van der Waals surface area contributed by atoms with Crippen LogP contribution in [0.1, 0.15) is 48.8 Å². The van der Waals surface area contributed by atoms with Crippen molar-refractivity contribution in [1.29, 1.82) is 0 Å². The van der Waals surface area contributed by atoms with Crippen molar-refractivity contribution in [2.24, 2.45) is 5.92 Å². The van der Waals surface area contributed by atoms with Gasteiger partial charge in [0.2, 0.25) is 0 Å². The monoisotopic (exact) mass is 322 g/mol. The molecule has 4 heteroatoms. The number of H-pyrrole nitrogens is 1. The number of fused-ring (bicyclic) bond motifs is 1. The highest BCUT2D eigenvalue weighted by Gasteiger charge is 2.37. The van der Waals surface area contributed by atoms with Gasteiger partial charge in [0.25, 0.3) is 0 Å². The third-order valence-electron chi connectivity index (χ3n) is 4.65. The van der Waals surface area contributed by atoms with Crippen LogP contribution in [0.3, 0.4) is 0 Å². The van der Waals surface area contributed by atoms with E-state index in [1.54, 1.807) is 12.5 Å². The molecule has 2 aromatic carbocycles. The van der Waals surface area contributed by atoms with Crippen molar-refractivity contribution in [2.45, 2.75) is 32.8 Å². The maximum atomic E-state index is 11.9. The molecule has 0 aliphatic heterocycles. The molecule has 0 fully saturated rings. The van der Waals surface area contributed by atoms with Gasteiger partial charge in [-0.05, 0) is 34.4 Å². The lowest BCUT2D eigenvalue weighted by atomic mass is 9.80. The van der Waals surface area contributed by atoms with E-state index in [-0.39, 0.29) is 11.7 Å². The van der Waals surface area contributed by atoms with E-state index < -0.39 is 5.60 Å². The zero-order chi connectivity index (χ0) is 17.3. The van der Waals surface area contributed by atoms with Gasteiger partial charge in [-0.1, -0.05) is 45.0 Å². The first-order valence-electron chi connectivity index (χ1n) is 8.26. The largest absolute Gasteiger partial charge is 0.378 e. The van der Waals surface area contributed by atoms with Gasteiger partial charge in [-0.25, -0.2) is 4.98 Å². The van der Waals surface area contributed by atoms with Crippen LogP contribution >= 0.6 is 0 Å². The fourth-order valence-electron chi connectivity index (χ4n) is 3.11. The highest BCUT2D eigenvalue weighted by molar-refractivity contribution is 5.99. The molecule has 4 nitrogen and oxygen atoms in total. The number of aromatic amines is 1. The minimum atomic E-state index is -1.16. The van der Waals surface area contributed by atoms with E-state index in [1.807, 2.05) is 57.2 Å². The number of nitrogens with zero attached hydrogens (tertiary/aromatic N) is 1. The van der Waals surface area contributed by atoms with Gasteiger partial charge >= 0.3 is 0 Å². The second-order valence-corrected chi connectivity index (χ2v) is 6.43.